The largest absolute Gasteiger partial charge is 0.350 e. The van der Waals surface area contributed by atoms with Crippen molar-refractivity contribution >= 4 is 29.4 Å². The molecule has 0 saturated carbocycles. The van der Waals surface area contributed by atoms with E-state index in [0.29, 0.717) is 10.7 Å². The molecule has 0 spiro atoms. The van der Waals surface area contributed by atoms with Gasteiger partial charge < -0.3 is 11.1 Å². The predicted octanol–water partition coefficient (Wildman–Crippen LogP) is 1.04. The number of hydrogen-bond donors (Lipinski definition) is 4. The van der Waals surface area contributed by atoms with E-state index in [9.17, 15) is 9.59 Å². The summed E-state index contributed by atoms with van der Waals surface area (Å²) >= 11 is 5.65. The Kier molecular flexibility index (Phi) is 3.75. The average Bonchev–Trinajstić information content (AvgIpc) is 2.19. The van der Waals surface area contributed by atoms with Crippen molar-refractivity contribution in [1.82, 2.24) is 10.9 Å². The van der Waals surface area contributed by atoms with Crippen LogP contribution in [0.3, 0.4) is 0 Å². The van der Waals surface area contributed by atoms with Gasteiger partial charge in [-0.1, -0.05) is 11.6 Å². The second-order valence-corrected chi connectivity index (χ2v) is 3.01. The molecule has 1 rings (SSSR count). The second kappa shape index (κ2) is 5.06. The molecule has 0 radical (unpaired) electrons. The maximum atomic E-state index is 11.1. The van der Waals surface area contributed by atoms with Crippen molar-refractivity contribution < 1.29 is 9.59 Å². The van der Waals surface area contributed by atoms with Gasteiger partial charge in [-0.2, -0.15) is 0 Å². The molecule has 1 aromatic carbocycles. The Morgan fingerprint density at radius 3 is 2.27 bits per heavy atom. The molecule has 15 heavy (non-hydrogen) atoms. The number of anilines is 1. The van der Waals surface area contributed by atoms with Gasteiger partial charge in [-0.25, -0.2) is 20.4 Å². The second-order valence-electron chi connectivity index (χ2n) is 2.58. The molecule has 0 aliphatic carbocycles. The number of amides is 4. The lowest BCUT2D eigenvalue weighted by Gasteiger charge is -2.06. The lowest BCUT2D eigenvalue weighted by Crippen LogP contribution is -2.46. The highest BCUT2D eigenvalue weighted by atomic mass is 35.5. The van der Waals surface area contributed by atoms with E-state index in [-0.39, 0.29) is 0 Å². The third-order valence-electron chi connectivity index (χ3n) is 1.40. The Labute approximate surface area is 90.7 Å². The van der Waals surface area contributed by atoms with Gasteiger partial charge in [0.1, 0.15) is 0 Å². The monoisotopic (exact) mass is 228 g/mol. The highest BCUT2D eigenvalue weighted by Crippen LogP contribution is 2.12. The number of halogens is 1. The average molecular weight is 229 g/mol. The maximum absolute atomic E-state index is 11.1. The van der Waals surface area contributed by atoms with E-state index >= 15 is 0 Å². The van der Waals surface area contributed by atoms with Crippen LogP contribution in [0.1, 0.15) is 0 Å². The van der Waals surface area contributed by atoms with Crippen LogP contribution in [-0.2, 0) is 0 Å². The van der Waals surface area contributed by atoms with Gasteiger partial charge in [0.25, 0.3) is 0 Å². The zero-order valence-corrected chi connectivity index (χ0v) is 8.34. The molecule has 6 nitrogen and oxygen atoms in total. The fraction of sp³-hybridized carbons (Fsp3) is 0. The van der Waals surface area contributed by atoms with Gasteiger partial charge in [0.05, 0.1) is 0 Å². The first-order valence-electron chi connectivity index (χ1n) is 3.96. The summed E-state index contributed by atoms with van der Waals surface area (Å²) in [6.45, 7) is 0. The number of nitrogens with one attached hydrogen (secondary N) is 3. The Morgan fingerprint density at radius 1 is 1.13 bits per heavy atom. The normalized spacial score (nSPS) is 9.13. The van der Waals surface area contributed by atoms with Crippen molar-refractivity contribution in [2.75, 3.05) is 5.32 Å². The number of carbonyl (C=O) groups excluding carboxylic acids is 2. The highest BCUT2D eigenvalue weighted by molar-refractivity contribution is 6.30. The van der Waals surface area contributed by atoms with Crippen molar-refractivity contribution in [3.63, 3.8) is 0 Å². The molecule has 1 aromatic rings. The summed E-state index contributed by atoms with van der Waals surface area (Å²) in [7, 11) is 0. The van der Waals surface area contributed by atoms with Crippen molar-refractivity contribution in [2.45, 2.75) is 0 Å². The van der Waals surface area contributed by atoms with E-state index in [1.165, 1.54) is 0 Å². The summed E-state index contributed by atoms with van der Waals surface area (Å²) in [4.78, 5) is 21.3. The van der Waals surface area contributed by atoms with Crippen LogP contribution in [0.5, 0.6) is 0 Å². The summed E-state index contributed by atoms with van der Waals surface area (Å²) in [5, 5.41) is 3.01. The van der Waals surface area contributed by atoms with Crippen LogP contribution >= 0.6 is 11.6 Å². The van der Waals surface area contributed by atoms with E-state index in [0.717, 1.165) is 0 Å². The molecule has 0 fully saturated rings. The fourth-order valence-corrected chi connectivity index (χ4v) is 0.940. The lowest BCUT2D eigenvalue weighted by atomic mass is 10.3. The number of carbonyl (C=O) groups is 2. The van der Waals surface area contributed by atoms with Crippen molar-refractivity contribution in [3.8, 4) is 0 Å². The van der Waals surface area contributed by atoms with Crippen LogP contribution in [0.4, 0.5) is 15.3 Å². The molecule has 5 N–H and O–H groups in total. The number of hydrazine groups is 1. The molecular formula is C8H9ClN4O2. The SMILES string of the molecule is NC(=O)NNC(=O)Nc1ccc(Cl)cc1. The molecule has 0 unspecified atom stereocenters. The summed E-state index contributed by atoms with van der Waals surface area (Å²) in [6, 6.07) is 5.03. The van der Waals surface area contributed by atoms with Gasteiger partial charge in [-0.3, -0.25) is 0 Å². The van der Waals surface area contributed by atoms with Crippen molar-refractivity contribution in [2.24, 2.45) is 5.73 Å². The topological polar surface area (TPSA) is 96.2 Å². The van der Waals surface area contributed by atoms with E-state index < -0.39 is 12.1 Å². The van der Waals surface area contributed by atoms with Crippen LogP contribution < -0.4 is 21.9 Å². The molecule has 4 amide bonds. The van der Waals surface area contributed by atoms with Crippen LogP contribution in [0, 0.1) is 0 Å². The number of urea groups is 2. The standard InChI is InChI=1S/C8H9ClN4O2/c9-5-1-3-6(4-2-5)11-8(15)13-12-7(10)14/h1-4H,(H3,10,12,14)(H2,11,13,15). The number of rotatable bonds is 1. The molecule has 0 heterocycles. The third-order valence-corrected chi connectivity index (χ3v) is 1.65. The molecule has 0 aliphatic heterocycles. The van der Waals surface area contributed by atoms with Crippen LogP contribution in [0.15, 0.2) is 24.3 Å². The van der Waals surface area contributed by atoms with Gasteiger partial charge in [-0.15, -0.1) is 0 Å². The smallest absolute Gasteiger partial charge is 0.337 e. The van der Waals surface area contributed by atoms with E-state index in [1.54, 1.807) is 24.3 Å². The van der Waals surface area contributed by atoms with Gasteiger partial charge >= 0.3 is 12.1 Å². The predicted molar refractivity (Wildman–Crippen MR) is 56.3 cm³/mol. The zero-order chi connectivity index (χ0) is 11.3. The van der Waals surface area contributed by atoms with Crippen molar-refractivity contribution in [1.29, 1.82) is 0 Å². The molecule has 0 saturated heterocycles. The first kappa shape index (κ1) is 11.1. The Morgan fingerprint density at radius 2 is 1.73 bits per heavy atom. The fourth-order valence-electron chi connectivity index (χ4n) is 0.814. The minimum Gasteiger partial charge on any atom is -0.350 e. The summed E-state index contributed by atoms with van der Waals surface area (Å²) in [6.07, 6.45) is 0. The summed E-state index contributed by atoms with van der Waals surface area (Å²) < 4.78 is 0. The first-order valence-corrected chi connectivity index (χ1v) is 4.34. The van der Waals surface area contributed by atoms with Gasteiger partial charge in [0.15, 0.2) is 0 Å². The first-order chi connectivity index (χ1) is 7.08. The Balaban J connectivity index is 2.44. The molecule has 80 valence electrons. The number of primary amides is 1. The van der Waals surface area contributed by atoms with Crippen LogP contribution in [0.2, 0.25) is 5.02 Å². The van der Waals surface area contributed by atoms with Crippen molar-refractivity contribution in [3.05, 3.63) is 29.3 Å². The highest BCUT2D eigenvalue weighted by Gasteiger charge is 2.01. The summed E-state index contributed by atoms with van der Waals surface area (Å²) in [5.41, 5.74) is 9.25. The van der Waals surface area contributed by atoms with Crippen LogP contribution in [-0.4, -0.2) is 12.1 Å². The van der Waals surface area contributed by atoms with Gasteiger partial charge in [-0.05, 0) is 24.3 Å². The van der Waals surface area contributed by atoms with E-state index in [2.05, 4.69) is 5.32 Å². The van der Waals surface area contributed by atoms with Crippen LogP contribution in [0.25, 0.3) is 0 Å². The minimum atomic E-state index is -0.846. The third kappa shape index (κ3) is 4.19. The molecule has 0 aliphatic rings. The summed E-state index contributed by atoms with van der Waals surface area (Å²) in [5.74, 6) is 0. The molecular weight excluding hydrogens is 220 g/mol. The molecule has 7 heteroatoms. The number of hydrogen-bond acceptors (Lipinski definition) is 2. The quantitative estimate of drug-likeness (QED) is 0.541. The van der Waals surface area contributed by atoms with E-state index in [4.69, 9.17) is 17.3 Å². The van der Waals surface area contributed by atoms with Gasteiger partial charge in [0, 0.05) is 10.7 Å². The molecule has 0 aromatic heterocycles. The van der Waals surface area contributed by atoms with E-state index in [1.807, 2.05) is 10.9 Å². The number of nitrogens with two attached hydrogens (primary N) is 1. The molecule has 0 atom stereocenters. The lowest BCUT2D eigenvalue weighted by molar-refractivity contribution is 0.235. The maximum Gasteiger partial charge on any atom is 0.337 e. The zero-order valence-electron chi connectivity index (χ0n) is 7.58. The Bertz CT molecular complexity index is 365. The van der Waals surface area contributed by atoms with Gasteiger partial charge in [0.2, 0.25) is 0 Å². The number of benzene rings is 1. The minimum absolute atomic E-state index is 0.545. The Hall–Kier alpha value is -1.95. The molecule has 0 bridgehead atoms.